The molecule has 0 aliphatic heterocycles. The van der Waals surface area contributed by atoms with Crippen molar-refractivity contribution in [1.29, 1.82) is 5.26 Å². The van der Waals surface area contributed by atoms with Crippen molar-refractivity contribution in [2.45, 2.75) is 20.4 Å². The average Bonchev–Trinajstić information content (AvgIpc) is 2.72. The maximum atomic E-state index is 9.06. The van der Waals surface area contributed by atoms with Crippen LogP contribution in [0.25, 0.3) is 11.4 Å². The van der Waals surface area contributed by atoms with Crippen molar-refractivity contribution in [1.82, 2.24) is 14.8 Å². The van der Waals surface area contributed by atoms with E-state index in [2.05, 4.69) is 30.0 Å². The lowest BCUT2D eigenvalue weighted by molar-refractivity contribution is 0.480. The number of nitrogens with zero attached hydrogens (tertiary/aromatic N) is 4. The summed E-state index contributed by atoms with van der Waals surface area (Å²) in [4.78, 5) is 4.23. The molecular formula is C13H14N4. The molecule has 2 aromatic heterocycles. The second-order valence-corrected chi connectivity index (χ2v) is 4.32. The molecule has 2 aromatic rings. The first-order valence-electron chi connectivity index (χ1n) is 5.60. The van der Waals surface area contributed by atoms with E-state index in [9.17, 15) is 0 Å². The zero-order chi connectivity index (χ0) is 12.3. The minimum absolute atomic E-state index is 0.457. The maximum absolute atomic E-state index is 9.06. The second kappa shape index (κ2) is 4.79. The highest BCUT2D eigenvalue weighted by Gasteiger charge is 2.10. The molecule has 0 fully saturated rings. The Morgan fingerprint density at radius 1 is 1.35 bits per heavy atom. The summed E-state index contributed by atoms with van der Waals surface area (Å²) >= 11 is 0. The minimum Gasteiger partial charge on any atom is -0.255 e. The first-order valence-corrected chi connectivity index (χ1v) is 5.60. The lowest BCUT2D eigenvalue weighted by atomic mass is 10.2. The maximum Gasteiger partial charge on any atom is 0.139 e. The van der Waals surface area contributed by atoms with Crippen LogP contribution in [-0.2, 0) is 6.54 Å². The van der Waals surface area contributed by atoms with Gasteiger partial charge in [-0.3, -0.25) is 9.67 Å². The molecule has 0 saturated heterocycles. The van der Waals surface area contributed by atoms with E-state index in [4.69, 9.17) is 5.26 Å². The standard InChI is InChI=1S/C13H14N4/c1-10(2)9-17-11(8-14)7-13(16-17)12-5-3-4-6-15-12/h3-7,10H,9H2,1-2H3. The van der Waals surface area contributed by atoms with Gasteiger partial charge in [0.2, 0.25) is 0 Å². The molecule has 0 atom stereocenters. The smallest absolute Gasteiger partial charge is 0.139 e. The molecule has 4 heteroatoms. The van der Waals surface area contributed by atoms with E-state index in [-0.39, 0.29) is 0 Å². The molecule has 0 unspecified atom stereocenters. The molecule has 0 amide bonds. The Morgan fingerprint density at radius 2 is 2.18 bits per heavy atom. The quantitative estimate of drug-likeness (QED) is 0.807. The van der Waals surface area contributed by atoms with Gasteiger partial charge in [0.1, 0.15) is 17.5 Å². The van der Waals surface area contributed by atoms with Gasteiger partial charge in [0.25, 0.3) is 0 Å². The van der Waals surface area contributed by atoms with Crippen LogP contribution in [0.4, 0.5) is 0 Å². The molecule has 0 spiro atoms. The zero-order valence-corrected chi connectivity index (χ0v) is 9.96. The van der Waals surface area contributed by atoms with Gasteiger partial charge in [0, 0.05) is 18.8 Å². The zero-order valence-electron chi connectivity index (χ0n) is 9.96. The minimum atomic E-state index is 0.457. The summed E-state index contributed by atoms with van der Waals surface area (Å²) in [5, 5.41) is 13.5. The average molecular weight is 226 g/mol. The van der Waals surface area contributed by atoms with Gasteiger partial charge in [0.05, 0.1) is 5.69 Å². The van der Waals surface area contributed by atoms with Crippen molar-refractivity contribution in [2.75, 3.05) is 0 Å². The van der Waals surface area contributed by atoms with Crippen LogP contribution < -0.4 is 0 Å². The van der Waals surface area contributed by atoms with Crippen LogP contribution in [0.2, 0.25) is 0 Å². The summed E-state index contributed by atoms with van der Waals surface area (Å²) in [5.41, 5.74) is 2.13. The van der Waals surface area contributed by atoms with Crippen LogP contribution in [-0.4, -0.2) is 14.8 Å². The molecule has 4 nitrogen and oxygen atoms in total. The SMILES string of the molecule is CC(C)Cn1nc(-c2ccccn2)cc1C#N. The summed E-state index contributed by atoms with van der Waals surface area (Å²) in [5.74, 6) is 0.457. The largest absolute Gasteiger partial charge is 0.255 e. The molecule has 0 radical (unpaired) electrons. The summed E-state index contributed by atoms with van der Waals surface area (Å²) in [7, 11) is 0. The van der Waals surface area contributed by atoms with Crippen LogP contribution >= 0.6 is 0 Å². The first kappa shape index (κ1) is 11.3. The Hall–Kier alpha value is -2.15. The Morgan fingerprint density at radius 3 is 2.76 bits per heavy atom. The van der Waals surface area contributed by atoms with Gasteiger partial charge < -0.3 is 0 Å². The lowest BCUT2D eigenvalue weighted by Gasteiger charge is -2.05. The topological polar surface area (TPSA) is 54.5 Å². The van der Waals surface area contributed by atoms with Gasteiger partial charge >= 0.3 is 0 Å². The van der Waals surface area contributed by atoms with Crippen molar-refractivity contribution in [2.24, 2.45) is 5.92 Å². The third-order valence-electron chi connectivity index (χ3n) is 2.36. The van der Waals surface area contributed by atoms with Gasteiger partial charge in [-0.1, -0.05) is 19.9 Å². The fourth-order valence-electron chi connectivity index (χ4n) is 1.63. The van der Waals surface area contributed by atoms with E-state index in [1.165, 1.54) is 0 Å². The van der Waals surface area contributed by atoms with Gasteiger partial charge in [0.15, 0.2) is 0 Å². The van der Waals surface area contributed by atoms with Crippen molar-refractivity contribution in [3.05, 3.63) is 36.2 Å². The number of hydrogen-bond donors (Lipinski definition) is 0. The fourth-order valence-corrected chi connectivity index (χ4v) is 1.63. The van der Waals surface area contributed by atoms with Crippen LogP contribution in [0.5, 0.6) is 0 Å². The number of rotatable bonds is 3. The Balaban J connectivity index is 2.39. The molecule has 17 heavy (non-hydrogen) atoms. The van der Waals surface area contributed by atoms with Crippen LogP contribution in [0.15, 0.2) is 30.5 Å². The fraction of sp³-hybridized carbons (Fsp3) is 0.308. The summed E-state index contributed by atoms with van der Waals surface area (Å²) in [6.07, 6.45) is 1.73. The third-order valence-corrected chi connectivity index (χ3v) is 2.36. The number of aromatic nitrogens is 3. The van der Waals surface area contributed by atoms with Crippen molar-refractivity contribution in [3.63, 3.8) is 0 Å². The summed E-state index contributed by atoms with van der Waals surface area (Å²) in [6, 6.07) is 9.61. The summed E-state index contributed by atoms with van der Waals surface area (Å²) in [6.45, 7) is 4.95. The molecule has 0 aliphatic carbocycles. The van der Waals surface area contributed by atoms with Crippen molar-refractivity contribution in [3.8, 4) is 17.5 Å². The molecule has 0 aliphatic rings. The number of pyridine rings is 1. The van der Waals surface area contributed by atoms with Gasteiger partial charge in [-0.15, -0.1) is 0 Å². The van der Waals surface area contributed by atoms with E-state index < -0.39 is 0 Å². The Kier molecular flexibility index (Phi) is 3.20. The Labute approximate surface area is 101 Å². The van der Waals surface area contributed by atoms with Crippen LogP contribution in [0.1, 0.15) is 19.5 Å². The monoisotopic (exact) mass is 226 g/mol. The van der Waals surface area contributed by atoms with E-state index in [1.807, 2.05) is 18.2 Å². The highest BCUT2D eigenvalue weighted by molar-refractivity contribution is 5.55. The molecule has 0 bridgehead atoms. The summed E-state index contributed by atoms with van der Waals surface area (Å²) < 4.78 is 1.74. The van der Waals surface area contributed by atoms with E-state index in [0.717, 1.165) is 17.9 Å². The van der Waals surface area contributed by atoms with E-state index in [1.54, 1.807) is 16.9 Å². The highest BCUT2D eigenvalue weighted by Crippen LogP contribution is 2.16. The molecule has 2 heterocycles. The second-order valence-electron chi connectivity index (χ2n) is 4.32. The Bertz CT molecular complexity index is 534. The van der Waals surface area contributed by atoms with Crippen LogP contribution in [0.3, 0.4) is 0 Å². The third kappa shape index (κ3) is 2.51. The molecule has 86 valence electrons. The van der Waals surface area contributed by atoms with Gasteiger partial charge in [-0.2, -0.15) is 10.4 Å². The molecular weight excluding hydrogens is 212 g/mol. The van der Waals surface area contributed by atoms with Crippen molar-refractivity contribution < 1.29 is 0 Å². The predicted octanol–water partition coefficient (Wildman–Crippen LogP) is 2.47. The lowest BCUT2D eigenvalue weighted by Crippen LogP contribution is -2.08. The van der Waals surface area contributed by atoms with Crippen molar-refractivity contribution >= 4 is 0 Å². The van der Waals surface area contributed by atoms with Gasteiger partial charge in [-0.25, -0.2) is 0 Å². The predicted molar refractivity (Wildman–Crippen MR) is 65.0 cm³/mol. The molecule has 0 N–H and O–H groups in total. The first-order chi connectivity index (χ1) is 8.20. The normalized spacial score (nSPS) is 10.5. The molecule has 0 saturated carbocycles. The number of nitriles is 1. The highest BCUT2D eigenvalue weighted by atomic mass is 15.3. The van der Waals surface area contributed by atoms with E-state index in [0.29, 0.717) is 11.6 Å². The van der Waals surface area contributed by atoms with Crippen LogP contribution in [0, 0.1) is 17.2 Å². The molecule has 2 rings (SSSR count). The number of hydrogen-bond acceptors (Lipinski definition) is 3. The molecule has 0 aromatic carbocycles. The van der Waals surface area contributed by atoms with E-state index >= 15 is 0 Å². The van der Waals surface area contributed by atoms with Gasteiger partial charge in [-0.05, 0) is 18.1 Å².